The first-order valence-corrected chi connectivity index (χ1v) is 12.5. The van der Waals surface area contributed by atoms with E-state index in [2.05, 4.69) is 30.8 Å². The van der Waals surface area contributed by atoms with Crippen LogP contribution in [0.5, 0.6) is 0 Å². The van der Waals surface area contributed by atoms with Crippen molar-refractivity contribution in [3.8, 4) is 0 Å². The van der Waals surface area contributed by atoms with E-state index >= 15 is 0 Å². The van der Waals surface area contributed by atoms with Gasteiger partial charge in [0.2, 0.25) is 0 Å². The second-order valence-electron chi connectivity index (χ2n) is 8.99. The molecule has 1 aliphatic heterocycles. The molecule has 1 heterocycles. The molecule has 0 unspecified atom stereocenters. The summed E-state index contributed by atoms with van der Waals surface area (Å²) in [5.74, 6) is -0.00541. The molecule has 0 saturated carbocycles. The lowest BCUT2D eigenvalue weighted by Crippen LogP contribution is -2.58. The number of ether oxygens (including phenoxy) is 5. The van der Waals surface area contributed by atoms with E-state index in [1.807, 2.05) is 72.8 Å². The lowest BCUT2D eigenvalue weighted by atomic mass is 9.86. The van der Waals surface area contributed by atoms with Crippen molar-refractivity contribution in [1.82, 2.24) is 0 Å². The molecule has 0 aromatic heterocycles. The average Bonchev–Trinajstić information content (AvgIpc) is 2.93. The van der Waals surface area contributed by atoms with E-state index in [9.17, 15) is 0 Å². The van der Waals surface area contributed by atoms with Gasteiger partial charge in [-0.15, -0.1) is 6.58 Å². The van der Waals surface area contributed by atoms with Crippen LogP contribution in [0.4, 0.5) is 0 Å². The van der Waals surface area contributed by atoms with E-state index in [1.165, 1.54) is 0 Å². The van der Waals surface area contributed by atoms with Gasteiger partial charge in [0.05, 0.1) is 38.6 Å². The van der Waals surface area contributed by atoms with Crippen molar-refractivity contribution in [2.45, 2.75) is 50.8 Å². The van der Waals surface area contributed by atoms with Gasteiger partial charge in [0.1, 0.15) is 6.10 Å². The maximum atomic E-state index is 6.57. The van der Waals surface area contributed by atoms with Crippen LogP contribution in [0, 0.1) is 5.92 Å². The Morgan fingerprint density at radius 1 is 0.722 bits per heavy atom. The predicted molar refractivity (Wildman–Crippen MR) is 140 cm³/mol. The Labute approximate surface area is 214 Å². The highest BCUT2D eigenvalue weighted by Crippen LogP contribution is 2.34. The summed E-state index contributed by atoms with van der Waals surface area (Å²) in [5.41, 5.74) is 3.31. The van der Waals surface area contributed by atoms with Gasteiger partial charge < -0.3 is 23.7 Å². The van der Waals surface area contributed by atoms with Crippen molar-refractivity contribution in [1.29, 1.82) is 0 Å². The third-order valence-electron chi connectivity index (χ3n) is 6.44. The van der Waals surface area contributed by atoms with Crippen molar-refractivity contribution in [2.24, 2.45) is 5.92 Å². The summed E-state index contributed by atoms with van der Waals surface area (Å²) in [6.45, 7) is 5.85. The number of benzene rings is 3. The fourth-order valence-electron chi connectivity index (χ4n) is 4.58. The lowest BCUT2D eigenvalue weighted by molar-refractivity contribution is -0.305. The summed E-state index contributed by atoms with van der Waals surface area (Å²) in [6, 6.07) is 30.4. The van der Waals surface area contributed by atoms with Crippen molar-refractivity contribution in [3.05, 3.63) is 120 Å². The van der Waals surface area contributed by atoms with Crippen LogP contribution < -0.4 is 0 Å². The van der Waals surface area contributed by atoms with E-state index in [4.69, 9.17) is 23.7 Å². The Morgan fingerprint density at radius 3 is 1.72 bits per heavy atom. The van der Waals surface area contributed by atoms with Gasteiger partial charge in [-0.1, -0.05) is 97.1 Å². The zero-order valence-electron chi connectivity index (χ0n) is 20.9. The molecule has 0 spiro atoms. The monoisotopic (exact) mass is 488 g/mol. The second kappa shape index (κ2) is 14.1. The molecule has 1 fully saturated rings. The van der Waals surface area contributed by atoms with Gasteiger partial charge in [-0.2, -0.15) is 0 Å². The van der Waals surface area contributed by atoms with Crippen LogP contribution in [-0.2, 0) is 43.5 Å². The van der Waals surface area contributed by atoms with Crippen LogP contribution in [0.2, 0.25) is 0 Å². The first-order chi connectivity index (χ1) is 17.8. The topological polar surface area (TPSA) is 46.2 Å². The highest BCUT2D eigenvalue weighted by molar-refractivity contribution is 5.15. The van der Waals surface area contributed by atoms with E-state index in [-0.39, 0.29) is 18.1 Å². The van der Waals surface area contributed by atoms with Crippen LogP contribution >= 0.6 is 0 Å². The molecular formula is C31H36O5. The van der Waals surface area contributed by atoms with Gasteiger partial charge in [0.15, 0.2) is 6.29 Å². The molecule has 5 heteroatoms. The Bertz CT molecular complexity index is 1010. The van der Waals surface area contributed by atoms with Crippen molar-refractivity contribution >= 4 is 0 Å². The van der Waals surface area contributed by atoms with Crippen molar-refractivity contribution in [3.63, 3.8) is 0 Å². The Kier molecular flexibility index (Phi) is 10.3. The third kappa shape index (κ3) is 7.36. The van der Waals surface area contributed by atoms with Gasteiger partial charge in [0, 0.05) is 13.0 Å². The van der Waals surface area contributed by atoms with E-state index in [0.29, 0.717) is 32.8 Å². The van der Waals surface area contributed by atoms with Crippen molar-refractivity contribution < 1.29 is 23.7 Å². The van der Waals surface area contributed by atoms with Gasteiger partial charge in [-0.05, 0) is 23.1 Å². The van der Waals surface area contributed by atoms with Gasteiger partial charge >= 0.3 is 0 Å². The minimum atomic E-state index is -0.583. The molecule has 0 amide bonds. The van der Waals surface area contributed by atoms with Gasteiger partial charge in [-0.25, -0.2) is 0 Å². The fraction of sp³-hybridized carbons (Fsp3) is 0.355. The molecule has 0 aliphatic carbocycles. The van der Waals surface area contributed by atoms with E-state index < -0.39 is 12.4 Å². The average molecular weight is 489 g/mol. The highest BCUT2D eigenvalue weighted by Gasteiger charge is 2.47. The van der Waals surface area contributed by atoms with Crippen molar-refractivity contribution in [2.75, 3.05) is 13.7 Å². The van der Waals surface area contributed by atoms with Crippen LogP contribution in [0.3, 0.4) is 0 Å². The Balaban J connectivity index is 1.51. The molecule has 4 rings (SSSR count). The summed E-state index contributed by atoms with van der Waals surface area (Å²) in [4.78, 5) is 0. The summed E-state index contributed by atoms with van der Waals surface area (Å²) in [7, 11) is 1.65. The van der Waals surface area contributed by atoms with Crippen LogP contribution in [-0.4, -0.2) is 38.3 Å². The summed E-state index contributed by atoms with van der Waals surface area (Å²) < 4.78 is 31.3. The minimum absolute atomic E-state index is 0.00541. The van der Waals surface area contributed by atoms with E-state index in [1.54, 1.807) is 7.11 Å². The minimum Gasteiger partial charge on any atom is -0.374 e. The first kappa shape index (κ1) is 26.3. The number of hydrogen-bond donors (Lipinski definition) is 0. The number of allylic oxidation sites excluding steroid dienone is 1. The largest absolute Gasteiger partial charge is 0.374 e. The standard InChI is InChI=1S/C31H36O5/c1-3-13-27-28(23-33-20-24-14-7-4-8-15-24)36-31(32-2)30(35-22-26-18-11-6-12-19-26)29(27)34-21-25-16-9-5-10-17-25/h3-12,14-19,27-31H,1,13,20-23H2,2H3/t27-,28-,29+,30-,31+/m1/s1. The van der Waals surface area contributed by atoms with Crippen LogP contribution in [0.25, 0.3) is 0 Å². The Morgan fingerprint density at radius 2 is 1.22 bits per heavy atom. The number of methoxy groups -OCH3 is 1. The zero-order valence-corrected chi connectivity index (χ0v) is 20.9. The third-order valence-corrected chi connectivity index (χ3v) is 6.44. The molecular weight excluding hydrogens is 452 g/mol. The maximum Gasteiger partial charge on any atom is 0.186 e. The molecule has 5 atom stereocenters. The smallest absolute Gasteiger partial charge is 0.186 e. The molecule has 1 saturated heterocycles. The SMILES string of the molecule is C=CC[C@H]1[C@H](OCc2ccccc2)[C@@H](OCc2ccccc2)[C@@H](OC)O[C@@H]1COCc1ccccc1. The number of hydrogen-bond acceptors (Lipinski definition) is 5. The van der Waals surface area contributed by atoms with E-state index in [0.717, 1.165) is 16.7 Å². The molecule has 1 aliphatic rings. The molecule has 3 aromatic rings. The first-order valence-electron chi connectivity index (χ1n) is 12.5. The summed E-state index contributed by atoms with van der Waals surface area (Å²) >= 11 is 0. The molecule has 3 aromatic carbocycles. The molecule has 36 heavy (non-hydrogen) atoms. The maximum absolute atomic E-state index is 6.57. The Hall–Kier alpha value is -2.80. The normalized spacial score (nSPS) is 23.9. The quantitative estimate of drug-likeness (QED) is 0.279. The lowest BCUT2D eigenvalue weighted by Gasteiger charge is -2.45. The van der Waals surface area contributed by atoms with Gasteiger partial charge in [0.25, 0.3) is 0 Å². The molecule has 0 radical (unpaired) electrons. The number of rotatable bonds is 13. The van der Waals surface area contributed by atoms with Crippen LogP contribution in [0.1, 0.15) is 23.1 Å². The summed E-state index contributed by atoms with van der Waals surface area (Å²) in [5, 5.41) is 0. The fourth-order valence-corrected chi connectivity index (χ4v) is 4.58. The predicted octanol–water partition coefficient (Wildman–Crippen LogP) is 5.94. The second-order valence-corrected chi connectivity index (χ2v) is 8.99. The molecule has 190 valence electrons. The molecule has 0 bridgehead atoms. The van der Waals surface area contributed by atoms with Gasteiger partial charge in [-0.3, -0.25) is 0 Å². The zero-order chi connectivity index (χ0) is 25.0. The highest BCUT2D eigenvalue weighted by atomic mass is 16.7. The van der Waals surface area contributed by atoms with Crippen LogP contribution in [0.15, 0.2) is 104 Å². The summed E-state index contributed by atoms with van der Waals surface area (Å²) in [6.07, 6.45) is 1.14. The molecule has 0 N–H and O–H groups in total. The molecule has 5 nitrogen and oxygen atoms in total.